The first-order valence-electron chi connectivity index (χ1n) is 4.37. The van der Waals surface area contributed by atoms with Crippen LogP contribution in [0.25, 0.3) is 0 Å². The molecule has 0 unspecified atom stereocenters. The Hall–Kier alpha value is -1.31. The molecule has 2 heteroatoms. The predicted molar refractivity (Wildman–Crippen MR) is 60.0 cm³/mol. The van der Waals surface area contributed by atoms with Crippen molar-refractivity contribution in [3.63, 3.8) is 0 Å². The van der Waals surface area contributed by atoms with Crippen molar-refractivity contribution in [2.75, 3.05) is 5.73 Å². The van der Waals surface area contributed by atoms with Crippen LogP contribution in [0.3, 0.4) is 0 Å². The number of allylic oxidation sites excluding steroid dienone is 2. The molecular formula is C11H14BN. The van der Waals surface area contributed by atoms with Gasteiger partial charge in [0.05, 0.1) is 0 Å². The zero-order valence-electron chi connectivity index (χ0n) is 7.79. The standard InChI is InChI=1S/C11H14BN/c1-3-5-9-10(6-4-2)12-8-7-11(9)13/h3-4,7-8H,1-2,5-6,13H2. The zero-order chi connectivity index (χ0) is 9.68. The molecule has 2 N–H and O–H groups in total. The second kappa shape index (κ2) is 4.66. The van der Waals surface area contributed by atoms with Crippen LogP contribution < -0.4 is 5.73 Å². The molecule has 1 nitrogen and oxygen atoms in total. The van der Waals surface area contributed by atoms with Crippen molar-refractivity contribution in [1.82, 2.24) is 0 Å². The molecule has 0 amide bonds. The molecule has 0 aliphatic carbocycles. The molecule has 66 valence electrons. The van der Waals surface area contributed by atoms with E-state index in [0.717, 1.165) is 18.5 Å². The second-order valence-electron chi connectivity index (χ2n) is 2.97. The summed E-state index contributed by atoms with van der Waals surface area (Å²) in [6.07, 6.45) is 5.46. The van der Waals surface area contributed by atoms with E-state index in [-0.39, 0.29) is 0 Å². The average molecular weight is 171 g/mol. The summed E-state index contributed by atoms with van der Waals surface area (Å²) in [6.45, 7) is 9.52. The van der Waals surface area contributed by atoms with E-state index >= 15 is 0 Å². The molecule has 1 rings (SSSR count). The van der Waals surface area contributed by atoms with Crippen molar-refractivity contribution < 1.29 is 0 Å². The number of nitrogen functional groups attached to an aromatic ring is 1. The minimum absolute atomic E-state index is 0.829. The van der Waals surface area contributed by atoms with E-state index in [0.29, 0.717) is 0 Å². The molecule has 0 radical (unpaired) electrons. The van der Waals surface area contributed by atoms with Crippen LogP contribution in [-0.4, -0.2) is 6.91 Å². The first-order chi connectivity index (χ1) is 6.29. The molecule has 0 aromatic carbocycles. The van der Waals surface area contributed by atoms with Gasteiger partial charge in [0.15, 0.2) is 0 Å². The maximum absolute atomic E-state index is 5.86. The molecule has 13 heavy (non-hydrogen) atoms. The summed E-state index contributed by atoms with van der Waals surface area (Å²) in [5.74, 6) is 1.97. The third-order valence-corrected chi connectivity index (χ3v) is 2.02. The van der Waals surface area contributed by atoms with Crippen LogP contribution in [0.5, 0.6) is 0 Å². The normalized spacial score (nSPS) is 9.23. The predicted octanol–water partition coefficient (Wildman–Crippen LogP) is 2.06. The van der Waals surface area contributed by atoms with Gasteiger partial charge in [-0.25, -0.2) is 0 Å². The Bertz CT molecular complexity index is 318. The molecule has 0 aliphatic heterocycles. The van der Waals surface area contributed by atoms with E-state index in [4.69, 9.17) is 5.73 Å². The molecule has 0 bridgehead atoms. The first-order valence-corrected chi connectivity index (χ1v) is 4.37. The maximum atomic E-state index is 5.86. The van der Waals surface area contributed by atoms with Gasteiger partial charge in [-0.05, 0) is 0 Å². The Morgan fingerprint density at radius 2 is 2.00 bits per heavy atom. The van der Waals surface area contributed by atoms with E-state index < -0.39 is 0 Å². The Balaban J connectivity index is 3.08. The molecule has 0 spiro atoms. The summed E-state index contributed by atoms with van der Waals surface area (Å²) in [7, 11) is 0. The summed E-state index contributed by atoms with van der Waals surface area (Å²) in [6, 6.07) is 1.92. The van der Waals surface area contributed by atoms with E-state index in [1.165, 1.54) is 11.0 Å². The summed E-state index contributed by atoms with van der Waals surface area (Å²) in [5.41, 5.74) is 9.13. The van der Waals surface area contributed by atoms with Crippen molar-refractivity contribution in [2.24, 2.45) is 0 Å². The fourth-order valence-electron chi connectivity index (χ4n) is 1.39. The summed E-state index contributed by atoms with van der Waals surface area (Å²) >= 11 is 0. The van der Waals surface area contributed by atoms with Crippen LogP contribution in [0, 0.1) is 0 Å². The van der Waals surface area contributed by atoms with Crippen molar-refractivity contribution in [2.45, 2.75) is 12.8 Å². The van der Waals surface area contributed by atoms with Crippen LogP contribution in [0.1, 0.15) is 11.0 Å². The molecule has 0 aliphatic rings. The third kappa shape index (κ3) is 2.31. The Kier molecular flexibility index (Phi) is 3.50. The van der Waals surface area contributed by atoms with Crippen LogP contribution in [0.4, 0.5) is 5.69 Å². The minimum atomic E-state index is 0.829. The number of rotatable bonds is 4. The van der Waals surface area contributed by atoms with Gasteiger partial charge in [-0.3, -0.25) is 0 Å². The monoisotopic (exact) mass is 171 g/mol. The number of nitrogens with two attached hydrogens (primary N) is 1. The quantitative estimate of drug-likeness (QED) is 0.689. The molecule has 1 aromatic rings. The molecule has 0 atom stereocenters. The van der Waals surface area contributed by atoms with Gasteiger partial charge in [-0.15, -0.1) is 0 Å². The van der Waals surface area contributed by atoms with Crippen LogP contribution >= 0.6 is 0 Å². The molecule has 1 heterocycles. The van der Waals surface area contributed by atoms with Gasteiger partial charge in [0.1, 0.15) is 0 Å². The second-order valence-corrected chi connectivity index (χ2v) is 2.97. The first kappa shape index (κ1) is 9.78. The van der Waals surface area contributed by atoms with E-state index in [1.54, 1.807) is 0 Å². The van der Waals surface area contributed by atoms with Crippen LogP contribution in [0.15, 0.2) is 37.3 Å². The number of hydrogen-bond acceptors (Lipinski definition) is 1. The SMILES string of the molecule is C=CCc1bccc(N)c1CC=C. The van der Waals surface area contributed by atoms with Gasteiger partial charge >= 0.3 is 79.5 Å². The molecule has 0 fully saturated rings. The summed E-state index contributed by atoms with van der Waals surface area (Å²) in [5, 5.41) is 0. The molecular weight excluding hydrogens is 157 g/mol. The van der Waals surface area contributed by atoms with Gasteiger partial charge in [0.2, 0.25) is 0 Å². The number of anilines is 1. The third-order valence-electron chi connectivity index (χ3n) is 2.02. The van der Waals surface area contributed by atoms with Crippen molar-refractivity contribution in [1.29, 1.82) is 0 Å². The molecule has 1 aromatic heterocycles. The zero-order valence-corrected chi connectivity index (χ0v) is 7.79. The van der Waals surface area contributed by atoms with Gasteiger partial charge in [0.25, 0.3) is 0 Å². The van der Waals surface area contributed by atoms with Gasteiger partial charge < -0.3 is 0 Å². The van der Waals surface area contributed by atoms with Crippen molar-refractivity contribution in [3.05, 3.63) is 48.4 Å². The fraction of sp³-hybridized carbons (Fsp3) is 0.182. The van der Waals surface area contributed by atoms with E-state index in [2.05, 4.69) is 20.1 Å². The van der Waals surface area contributed by atoms with Gasteiger partial charge in [0, 0.05) is 0 Å². The summed E-state index contributed by atoms with van der Waals surface area (Å²) in [4.78, 5) is 0. The van der Waals surface area contributed by atoms with Crippen molar-refractivity contribution in [3.8, 4) is 0 Å². The van der Waals surface area contributed by atoms with Gasteiger partial charge in [-0.2, -0.15) is 0 Å². The van der Waals surface area contributed by atoms with E-state index in [1.807, 2.05) is 24.2 Å². The fourth-order valence-corrected chi connectivity index (χ4v) is 1.39. The average Bonchev–Trinajstić information content (AvgIpc) is 2.11. The molecule has 0 saturated heterocycles. The Labute approximate surface area is 80.2 Å². The number of hydrogen-bond donors (Lipinski definition) is 1. The Morgan fingerprint density at radius 1 is 1.31 bits per heavy atom. The Morgan fingerprint density at radius 3 is 2.62 bits per heavy atom. The topological polar surface area (TPSA) is 26.0 Å². The van der Waals surface area contributed by atoms with Gasteiger partial charge in [-0.1, -0.05) is 0 Å². The van der Waals surface area contributed by atoms with Crippen LogP contribution in [0.2, 0.25) is 0 Å². The van der Waals surface area contributed by atoms with Crippen molar-refractivity contribution >= 4 is 12.6 Å². The van der Waals surface area contributed by atoms with E-state index in [9.17, 15) is 0 Å². The van der Waals surface area contributed by atoms with Crippen LogP contribution in [-0.2, 0) is 12.8 Å². The summed E-state index contributed by atoms with van der Waals surface area (Å²) < 4.78 is 0. The molecule has 0 saturated carbocycles.